The highest BCUT2D eigenvalue weighted by molar-refractivity contribution is 5.91. The van der Waals surface area contributed by atoms with E-state index in [4.69, 9.17) is 0 Å². The van der Waals surface area contributed by atoms with Crippen LogP contribution in [0.15, 0.2) is 18.2 Å². The van der Waals surface area contributed by atoms with Crippen molar-refractivity contribution in [3.63, 3.8) is 0 Å². The Kier molecular flexibility index (Phi) is 6.73. The number of carbonyl (C=O) groups is 1. The summed E-state index contributed by atoms with van der Waals surface area (Å²) in [5, 5.41) is 6.11. The number of hydrogen-bond donors (Lipinski definition) is 2. The highest BCUT2D eigenvalue weighted by atomic mass is 16.1. The van der Waals surface area contributed by atoms with Crippen molar-refractivity contribution in [2.75, 3.05) is 18.9 Å². The van der Waals surface area contributed by atoms with E-state index in [1.54, 1.807) is 0 Å². The molecule has 0 aliphatic rings. The van der Waals surface area contributed by atoms with E-state index in [2.05, 4.69) is 50.5 Å². The number of benzene rings is 1. The molecule has 0 spiro atoms. The molecule has 0 unspecified atom stereocenters. The molecule has 20 heavy (non-hydrogen) atoms. The van der Waals surface area contributed by atoms with Gasteiger partial charge in [-0.3, -0.25) is 4.79 Å². The Balaban J connectivity index is 2.81. The summed E-state index contributed by atoms with van der Waals surface area (Å²) in [4.78, 5) is 11.9. The van der Waals surface area contributed by atoms with Gasteiger partial charge in [0.15, 0.2) is 0 Å². The van der Waals surface area contributed by atoms with Crippen molar-refractivity contribution in [1.29, 1.82) is 0 Å². The van der Waals surface area contributed by atoms with Crippen molar-refractivity contribution < 1.29 is 4.79 Å². The molecule has 0 fully saturated rings. The molecule has 1 amide bonds. The normalized spacial score (nSPS) is 11.2. The standard InChI is InChI=1S/C17H28N2O/c1-12(2)14-8-9-16(15(11-14)13(3)4)19-17(20)7-6-10-18-5/h8-9,11-13,18H,6-7,10H2,1-5H3,(H,19,20). The third-order valence-electron chi connectivity index (χ3n) is 3.47. The molecule has 112 valence electrons. The third kappa shape index (κ3) is 4.97. The first kappa shape index (κ1) is 16.7. The molecule has 0 aliphatic heterocycles. The fourth-order valence-corrected chi connectivity index (χ4v) is 2.17. The molecule has 0 aromatic heterocycles. The Hall–Kier alpha value is -1.35. The summed E-state index contributed by atoms with van der Waals surface area (Å²) < 4.78 is 0. The van der Waals surface area contributed by atoms with Crippen molar-refractivity contribution >= 4 is 11.6 Å². The fraction of sp³-hybridized carbons (Fsp3) is 0.588. The lowest BCUT2D eigenvalue weighted by Crippen LogP contribution is -2.16. The van der Waals surface area contributed by atoms with E-state index in [1.807, 2.05) is 13.1 Å². The molecule has 0 saturated carbocycles. The fourth-order valence-electron chi connectivity index (χ4n) is 2.17. The van der Waals surface area contributed by atoms with Gasteiger partial charge in [-0.1, -0.05) is 39.8 Å². The zero-order valence-corrected chi connectivity index (χ0v) is 13.4. The summed E-state index contributed by atoms with van der Waals surface area (Å²) in [6.07, 6.45) is 1.42. The average molecular weight is 276 g/mol. The molecule has 3 nitrogen and oxygen atoms in total. The molecule has 0 aliphatic carbocycles. The molecule has 1 rings (SSSR count). The molecule has 3 heteroatoms. The van der Waals surface area contributed by atoms with E-state index >= 15 is 0 Å². The van der Waals surface area contributed by atoms with Crippen LogP contribution in [0, 0.1) is 0 Å². The molecule has 0 heterocycles. The van der Waals surface area contributed by atoms with Gasteiger partial charge >= 0.3 is 0 Å². The van der Waals surface area contributed by atoms with Crippen LogP contribution in [0.2, 0.25) is 0 Å². The van der Waals surface area contributed by atoms with E-state index in [9.17, 15) is 4.79 Å². The summed E-state index contributed by atoms with van der Waals surface area (Å²) in [5.74, 6) is 1.01. The van der Waals surface area contributed by atoms with Crippen molar-refractivity contribution in [1.82, 2.24) is 5.32 Å². The van der Waals surface area contributed by atoms with Crippen LogP contribution in [0.4, 0.5) is 5.69 Å². The summed E-state index contributed by atoms with van der Waals surface area (Å²) in [5.41, 5.74) is 3.50. The molecule has 0 bridgehead atoms. The van der Waals surface area contributed by atoms with Gasteiger partial charge in [-0.05, 0) is 49.0 Å². The lowest BCUT2D eigenvalue weighted by molar-refractivity contribution is -0.116. The first-order valence-corrected chi connectivity index (χ1v) is 7.54. The van der Waals surface area contributed by atoms with Gasteiger partial charge in [-0.15, -0.1) is 0 Å². The van der Waals surface area contributed by atoms with Crippen LogP contribution in [0.25, 0.3) is 0 Å². The number of hydrogen-bond acceptors (Lipinski definition) is 2. The third-order valence-corrected chi connectivity index (χ3v) is 3.47. The molecule has 0 radical (unpaired) electrons. The molecule has 2 N–H and O–H groups in total. The Morgan fingerprint density at radius 1 is 1.15 bits per heavy atom. The van der Waals surface area contributed by atoms with Crippen LogP contribution in [-0.4, -0.2) is 19.5 Å². The Morgan fingerprint density at radius 3 is 2.40 bits per heavy atom. The van der Waals surface area contributed by atoms with Gasteiger partial charge in [-0.25, -0.2) is 0 Å². The number of anilines is 1. The molecular weight excluding hydrogens is 248 g/mol. The van der Waals surface area contributed by atoms with Crippen LogP contribution in [0.1, 0.15) is 63.5 Å². The molecule has 1 aromatic carbocycles. The van der Waals surface area contributed by atoms with Crippen molar-refractivity contribution in [2.24, 2.45) is 0 Å². The Labute approximate surface area is 123 Å². The highest BCUT2D eigenvalue weighted by Crippen LogP contribution is 2.28. The van der Waals surface area contributed by atoms with E-state index in [0.717, 1.165) is 18.7 Å². The quantitative estimate of drug-likeness (QED) is 0.742. The second-order valence-electron chi connectivity index (χ2n) is 5.91. The summed E-state index contributed by atoms with van der Waals surface area (Å²) in [6.45, 7) is 9.58. The van der Waals surface area contributed by atoms with Crippen LogP contribution in [-0.2, 0) is 4.79 Å². The number of carbonyl (C=O) groups excluding carboxylic acids is 1. The second kappa shape index (κ2) is 8.05. The molecule has 1 aromatic rings. The smallest absolute Gasteiger partial charge is 0.224 e. The van der Waals surface area contributed by atoms with Crippen LogP contribution in [0.3, 0.4) is 0 Å². The van der Waals surface area contributed by atoms with Crippen LogP contribution < -0.4 is 10.6 Å². The lowest BCUT2D eigenvalue weighted by Gasteiger charge is -2.17. The monoisotopic (exact) mass is 276 g/mol. The van der Waals surface area contributed by atoms with E-state index in [1.165, 1.54) is 11.1 Å². The maximum absolute atomic E-state index is 11.9. The van der Waals surface area contributed by atoms with Gasteiger partial charge in [0.05, 0.1) is 0 Å². The van der Waals surface area contributed by atoms with Gasteiger partial charge in [0.1, 0.15) is 0 Å². The Morgan fingerprint density at radius 2 is 1.85 bits per heavy atom. The zero-order valence-electron chi connectivity index (χ0n) is 13.4. The Bertz CT molecular complexity index is 439. The summed E-state index contributed by atoms with van der Waals surface area (Å²) in [6, 6.07) is 6.37. The van der Waals surface area contributed by atoms with Crippen molar-refractivity contribution in [3.05, 3.63) is 29.3 Å². The lowest BCUT2D eigenvalue weighted by atomic mass is 9.94. The zero-order chi connectivity index (χ0) is 15.1. The first-order valence-electron chi connectivity index (χ1n) is 7.54. The minimum Gasteiger partial charge on any atom is -0.326 e. The van der Waals surface area contributed by atoms with Gasteiger partial charge in [-0.2, -0.15) is 0 Å². The number of amides is 1. The summed E-state index contributed by atoms with van der Waals surface area (Å²) in [7, 11) is 1.90. The number of rotatable bonds is 7. The predicted molar refractivity (Wildman–Crippen MR) is 86.4 cm³/mol. The maximum atomic E-state index is 11.9. The first-order chi connectivity index (χ1) is 9.45. The molecular formula is C17H28N2O. The van der Waals surface area contributed by atoms with Gasteiger partial charge in [0, 0.05) is 12.1 Å². The van der Waals surface area contributed by atoms with Gasteiger partial charge < -0.3 is 10.6 Å². The minimum atomic E-state index is 0.0967. The summed E-state index contributed by atoms with van der Waals surface area (Å²) >= 11 is 0. The average Bonchev–Trinajstić information content (AvgIpc) is 2.38. The van der Waals surface area contributed by atoms with Crippen LogP contribution >= 0.6 is 0 Å². The highest BCUT2D eigenvalue weighted by Gasteiger charge is 2.11. The molecule has 0 atom stereocenters. The maximum Gasteiger partial charge on any atom is 0.224 e. The minimum absolute atomic E-state index is 0.0967. The topological polar surface area (TPSA) is 41.1 Å². The van der Waals surface area contributed by atoms with Crippen molar-refractivity contribution in [3.8, 4) is 0 Å². The van der Waals surface area contributed by atoms with E-state index in [0.29, 0.717) is 18.3 Å². The predicted octanol–water partition coefficient (Wildman–Crippen LogP) is 3.87. The van der Waals surface area contributed by atoms with E-state index in [-0.39, 0.29) is 5.91 Å². The SMILES string of the molecule is CNCCCC(=O)Nc1ccc(C(C)C)cc1C(C)C. The largest absolute Gasteiger partial charge is 0.326 e. The van der Waals surface area contributed by atoms with Gasteiger partial charge in [0.2, 0.25) is 5.91 Å². The second-order valence-corrected chi connectivity index (χ2v) is 5.91. The van der Waals surface area contributed by atoms with Gasteiger partial charge in [0.25, 0.3) is 0 Å². The van der Waals surface area contributed by atoms with E-state index < -0.39 is 0 Å². The van der Waals surface area contributed by atoms with Crippen LogP contribution in [0.5, 0.6) is 0 Å². The van der Waals surface area contributed by atoms with Crippen molar-refractivity contribution in [2.45, 2.75) is 52.4 Å². The number of nitrogens with one attached hydrogen (secondary N) is 2. The molecule has 0 saturated heterocycles.